The Bertz CT molecular complexity index is 894. The number of hydrogen-bond acceptors (Lipinski definition) is 5. The summed E-state index contributed by atoms with van der Waals surface area (Å²) >= 11 is 1.81. The van der Waals surface area contributed by atoms with E-state index < -0.39 is 12.1 Å². The Hall–Kier alpha value is -2.31. The van der Waals surface area contributed by atoms with E-state index in [1.807, 2.05) is 6.07 Å². The van der Waals surface area contributed by atoms with Gasteiger partial charge in [0.1, 0.15) is 0 Å². The maximum absolute atomic E-state index is 11.6. The second-order valence-electron chi connectivity index (χ2n) is 6.33. The van der Waals surface area contributed by atoms with E-state index in [1.165, 1.54) is 15.7 Å². The third-order valence-corrected chi connectivity index (χ3v) is 5.29. The number of hydrogen-bond donors (Lipinski definition) is 1. The lowest BCUT2D eigenvalue weighted by atomic mass is 10.1. The van der Waals surface area contributed by atoms with Gasteiger partial charge in [-0.1, -0.05) is 30.3 Å². The summed E-state index contributed by atoms with van der Waals surface area (Å²) in [6, 6.07) is 14.8. The lowest BCUT2D eigenvalue weighted by molar-refractivity contribution is 0.0519. The summed E-state index contributed by atoms with van der Waals surface area (Å²) in [5.74, 6) is 0.519. The number of ether oxygens (including phenoxy) is 1. The first-order valence-electron chi connectivity index (χ1n) is 9.14. The molecule has 1 aromatic heterocycles. The van der Waals surface area contributed by atoms with Gasteiger partial charge >= 0.3 is 5.97 Å². The summed E-state index contributed by atoms with van der Waals surface area (Å²) in [5.41, 5.74) is 0.274. The maximum atomic E-state index is 11.6. The predicted octanol–water partition coefficient (Wildman–Crippen LogP) is 4.15. The molecule has 27 heavy (non-hydrogen) atoms. The highest BCUT2D eigenvalue weighted by molar-refractivity contribution is 7.99. The van der Waals surface area contributed by atoms with Crippen molar-refractivity contribution in [3.63, 3.8) is 0 Å². The third kappa shape index (κ3) is 5.58. The van der Waals surface area contributed by atoms with E-state index >= 15 is 0 Å². The molecular weight excluding hydrogens is 360 g/mol. The molecule has 0 saturated carbocycles. The molecule has 3 aromatic rings. The Kier molecular flexibility index (Phi) is 6.90. The van der Waals surface area contributed by atoms with Crippen molar-refractivity contribution in [2.45, 2.75) is 37.3 Å². The van der Waals surface area contributed by atoms with Crippen LogP contribution in [0.3, 0.4) is 0 Å². The second-order valence-corrected chi connectivity index (χ2v) is 7.50. The number of imidazole rings is 1. The van der Waals surface area contributed by atoms with Gasteiger partial charge in [0.05, 0.1) is 19.0 Å². The minimum absolute atomic E-state index is 0.274. The van der Waals surface area contributed by atoms with E-state index in [0.717, 1.165) is 12.2 Å². The Labute approximate surface area is 163 Å². The monoisotopic (exact) mass is 384 g/mol. The van der Waals surface area contributed by atoms with Crippen molar-refractivity contribution >= 4 is 28.5 Å². The van der Waals surface area contributed by atoms with Crippen LogP contribution in [-0.2, 0) is 11.3 Å². The number of aliphatic hydroxyl groups is 1. The van der Waals surface area contributed by atoms with E-state index in [-0.39, 0.29) is 5.69 Å². The first-order valence-corrected chi connectivity index (χ1v) is 10.1. The summed E-state index contributed by atoms with van der Waals surface area (Å²) in [6.07, 6.45) is 4.32. The Morgan fingerprint density at radius 2 is 2.07 bits per heavy atom. The van der Waals surface area contributed by atoms with Gasteiger partial charge in [0.2, 0.25) is 0 Å². The number of carbonyl (C=O) groups excluding carboxylic acids is 1. The van der Waals surface area contributed by atoms with E-state index in [4.69, 9.17) is 4.74 Å². The topological polar surface area (TPSA) is 64.3 Å². The van der Waals surface area contributed by atoms with Gasteiger partial charge in [-0.25, -0.2) is 9.78 Å². The van der Waals surface area contributed by atoms with Crippen LogP contribution in [0.1, 0.15) is 30.3 Å². The molecule has 3 rings (SSSR count). The number of aromatic nitrogens is 2. The standard InChI is InChI=1S/C21H24N2O3S/c1-2-26-21(25)20-14-23(15-22-20)13-18(24)8-5-11-27-19-10-9-16-6-3-4-7-17(16)12-19/h3-4,6-7,9-10,12,14-15,18,24H,2,5,8,11,13H2,1H3/t18-/m0/s1. The van der Waals surface area contributed by atoms with Gasteiger partial charge in [-0.3, -0.25) is 0 Å². The fourth-order valence-corrected chi connectivity index (χ4v) is 3.79. The summed E-state index contributed by atoms with van der Waals surface area (Å²) in [5, 5.41) is 12.7. The molecule has 0 saturated heterocycles. The molecule has 0 radical (unpaired) electrons. The van der Waals surface area contributed by atoms with Gasteiger partial charge in [0, 0.05) is 17.6 Å². The van der Waals surface area contributed by atoms with Crippen LogP contribution in [0.5, 0.6) is 0 Å². The van der Waals surface area contributed by atoms with Crippen LogP contribution in [0, 0.1) is 0 Å². The molecule has 5 nitrogen and oxygen atoms in total. The Morgan fingerprint density at radius 1 is 1.26 bits per heavy atom. The summed E-state index contributed by atoms with van der Waals surface area (Å²) in [7, 11) is 0. The number of benzene rings is 2. The molecule has 0 amide bonds. The van der Waals surface area contributed by atoms with Gasteiger partial charge < -0.3 is 14.4 Å². The molecule has 0 aliphatic heterocycles. The van der Waals surface area contributed by atoms with Gasteiger partial charge in [0.25, 0.3) is 0 Å². The summed E-state index contributed by atoms with van der Waals surface area (Å²) in [6.45, 7) is 2.50. The van der Waals surface area contributed by atoms with Gasteiger partial charge in [0.15, 0.2) is 5.69 Å². The van der Waals surface area contributed by atoms with Gasteiger partial charge in [-0.15, -0.1) is 11.8 Å². The van der Waals surface area contributed by atoms with Crippen molar-refractivity contribution in [2.75, 3.05) is 12.4 Å². The fourth-order valence-electron chi connectivity index (χ4n) is 2.87. The first kappa shape index (κ1) is 19.5. The predicted molar refractivity (Wildman–Crippen MR) is 108 cm³/mol. The molecule has 2 aromatic carbocycles. The third-order valence-electron chi connectivity index (χ3n) is 4.21. The number of esters is 1. The summed E-state index contributed by atoms with van der Waals surface area (Å²) < 4.78 is 6.64. The van der Waals surface area contributed by atoms with E-state index in [0.29, 0.717) is 19.6 Å². The average Bonchev–Trinajstić information content (AvgIpc) is 3.14. The van der Waals surface area contributed by atoms with E-state index in [1.54, 1.807) is 35.8 Å². The zero-order valence-corrected chi connectivity index (χ0v) is 16.2. The van der Waals surface area contributed by atoms with Crippen LogP contribution >= 0.6 is 11.8 Å². The smallest absolute Gasteiger partial charge is 0.358 e. The molecule has 1 atom stereocenters. The van der Waals surface area contributed by atoms with E-state index in [2.05, 4.69) is 41.4 Å². The summed E-state index contributed by atoms with van der Waals surface area (Å²) in [4.78, 5) is 16.9. The number of nitrogens with zero attached hydrogens (tertiary/aromatic N) is 2. The molecule has 0 aliphatic rings. The van der Waals surface area contributed by atoms with Gasteiger partial charge in [-0.05, 0) is 48.4 Å². The lowest BCUT2D eigenvalue weighted by Crippen LogP contribution is -2.15. The number of rotatable bonds is 9. The first-order chi connectivity index (χ1) is 13.2. The highest BCUT2D eigenvalue weighted by atomic mass is 32.2. The Balaban J connectivity index is 1.41. The van der Waals surface area contributed by atoms with Crippen LogP contribution in [-0.4, -0.2) is 39.1 Å². The quantitative estimate of drug-likeness (QED) is 0.341. The van der Waals surface area contributed by atoms with Crippen LogP contribution in [0.2, 0.25) is 0 Å². The fraction of sp³-hybridized carbons (Fsp3) is 0.333. The maximum Gasteiger partial charge on any atom is 0.358 e. The number of aliphatic hydroxyl groups excluding tert-OH is 1. The van der Waals surface area contributed by atoms with Crippen molar-refractivity contribution in [2.24, 2.45) is 0 Å². The molecule has 1 heterocycles. The molecule has 142 valence electrons. The van der Waals surface area contributed by atoms with Crippen LogP contribution in [0.25, 0.3) is 10.8 Å². The number of fused-ring (bicyclic) bond motifs is 1. The number of carbonyl (C=O) groups is 1. The SMILES string of the molecule is CCOC(=O)c1cn(C[C@@H](O)CCCSc2ccc3ccccc3c2)cn1. The van der Waals surface area contributed by atoms with Crippen molar-refractivity contribution in [1.82, 2.24) is 9.55 Å². The molecule has 0 fully saturated rings. The molecule has 0 aliphatic carbocycles. The average molecular weight is 385 g/mol. The van der Waals surface area contributed by atoms with Crippen molar-refractivity contribution in [3.8, 4) is 0 Å². The van der Waals surface area contributed by atoms with Crippen molar-refractivity contribution in [1.29, 1.82) is 0 Å². The van der Waals surface area contributed by atoms with Gasteiger partial charge in [-0.2, -0.15) is 0 Å². The Morgan fingerprint density at radius 3 is 2.89 bits per heavy atom. The molecule has 6 heteroatoms. The van der Waals surface area contributed by atoms with Crippen LogP contribution in [0.15, 0.2) is 59.9 Å². The second kappa shape index (κ2) is 9.58. The van der Waals surface area contributed by atoms with Crippen molar-refractivity contribution < 1.29 is 14.6 Å². The molecule has 0 unspecified atom stereocenters. The van der Waals surface area contributed by atoms with E-state index in [9.17, 15) is 9.90 Å². The molecule has 0 spiro atoms. The zero-order chi connectivity index (χ0) is 19.1. The zero-order valence-electron chi connectivity index (χ0n) is 15.4. The normalized spacial score (nSPS) is 12.2. The van der Waals surface area contributed by atoms with Crippen molar-refractivity contribution in [3.05, 3.63) is 60.7 Å². The molecule has 0 bridgehead atoms. The highest BCUT2D eigenvalue weighted by Crippen LogP contribution is 2.24. The minimum atomic E-state index is -0.466. The number of thioether (sulfide) groups is 1. The lowest BCUT2D eigenvalue weighted by Gasteiger charge is -2.11. The largest absolute Gasteiger partial charge is 0.461 e. The van der Waals surface area contributed by atoms with Crippen LogP contribution < -0.4 is 0 Å². The van der Waals surface area contributed by atoms with Crippen LogP contribution in [0.4, 0.5) is 0 Å². The minimum Gasteiger partial charge on any atom is -0.461 e. The highest BCUT2D eigenvalue weighted by Gasteiger charge is 2.12. The molecule has 1 N–H and O–H groups in total. The molecular formula is C21H24N2O3S.